The van der Waals surface area contributed by atoms with Crippen molar-refractivity contribution in [2.24, 2.45) is 0 Å². The fraction of sp³-hybridized carbons (Fsp3) is 0.591. The molecular weight excluding hydrogens is 889 g/mol. The highest BCUT2D eigenvalue weighted by atomic mass is 16.6. The lowest BCUT2D eigenvalue weighted by molar-refractivity contribution is -0.167. The molecule has 0 aromatic heterocycles. The zero-order chi connectivity index (χ0) is 52.2. The topological polar surface area (TPSA) is 78.9 Å². The van der Waals surface area contributed by atoms with E-state index < -0.39 is 6.10 Å². The summed E-state index contributed by atoms with van der Waals surface area (Å²) in [6.07, 6.45) is 84.2. The summed E-state index contributed by atoms with van der Waals surface area (Å²) >= 11 is 0. The largest absolute Gasteiger partial charge is 0.462 e. The molecule has 6 nitrogen and oxygen atoms in total. The monoisotopic (exact) mass is 993 g/mol. The number of esters is 3. The highest BCUT2D eigenvalue weighted by Crippen LogP contribution is 2.13. The van der Waals surface area contributed by atoms with E-state index in [4.69, 9.17) is 14.2 Å². The second-order valence-electron chi connectivity index (χ2n) is 18.4. The van der Waals surface area contributed by atoms with Crippen molar-refractivity contribution in [2.75, 3.05) is 13.2 Å². The van der Waals surface area contributed by atoms with Crippen LogP contribution in [0, 0.1) is 0 Å². The minimum absolute atomic E-state index is 0.107. The lowest BCUT2D eigenvalue weighted by Gasteiger charge is -2.18. The zero-order valence-corrected chi connectivity index (χ0v) is 46.1. The molecule has 0 saturated carbocycles. The van der Waals surface area contributed by atoms with Gasteiger partial charge in [0.15, 0.2) is 6.10 Å². The molecule has 0 amide bonds. The van der Waals surface area contributed by atoms with Crippen molar-refractivity contribution in [1.82, 2.24) is 0 Å². The molecule has 0 aliphatic heterocycles. The highest BCUT2D eigenvalue weighted by molar-refractivity contribution is 5.71. The van der Waals surface area contributed by atoms with Gasteiger partial charge in [-0.15, -0.1) is 0 Å². The molecule has 72 heavy (non-hydrogen) atoms. The lowest BCUT2D eigenvalue weighted by Crippen LogP contribution is -2.30. The molecule has 0 rings (SSSR count). The number of allylic oxidation sites excluding steroid dienone is 24. The first-order valence-corrected chi connectivity index (χ1v) is 28.8. The molecule has 0 bridgehead atoms. The predicted octanol–water partition coefficient (Wildman–Crippen LogP) is 19.6. The molecule has 1 unspecified atom stereocenters. The Hall–Kier alpha value is -4.71. The van der Waals surface area contributed by atoms with Crippen LogP contribution in [0.2, 0.25) is 0 Å². The third kappa shape index (κ3) is 56.2. The summed E-state index contributed by atoms with van der Waals surface area (Å²) in [5, 5.41) is 0. The van der Waals surface area contributed by atoms with Crippen LogP contribution in [0.1, 0.15) is 233 Å². The second kappa shape index (κ2) is 58.9. The van der Waals surface area contributed by atoms with Crippen LogP contribution in [0.5, 0.6) is 0 Å². The molecule has 0 spiro atoms. The Labute approximate surface area is 442 Å². The van der Waals surface area contributed by atoms with Crippen molar-refractivity contribution in [3.05, 3.63) is 146 Å². The molecule has 6 heteroatoms. The third-order valence-electron chi connectivity index (χ3n) is 11.6. The van der Waals surface area contributed by atoms with Gasteiger partial charge in [0, 0.05) is 19.3 Å². The van der Waals surface area contributed by atoms with Crippen LogP contribution in [0.3, 0.4) is 0 Å². The number of carbonyl (C=O) groups excluding carboxylic acids is 3. The third-order valence-corrected chi connectivity index (χ3v) is 11.6. The second-order valence-corrected chi connectivity index (χ2v) is 18.4. The fourth-order valence-corrected chi connectivity index (χ4v) is 7.34. The van der Waals surface area contributed by atoms with Gasteiger partial charge in [0.1, 0.15) is 13.2 Å². The lowest BCUT2D eigenvalue weighted by atomic mass is 10.1. The number of hydrogen-bond donors (Lipinski definition) is 0. The van der Waals surface area contributed by atoms with E-state index in [9.17, 15) is 14.4 Å². The van der Waals surface area contributed by atoms with Gasteiger partial charge in [-0.3, -0.25) is 14.4 Å². The van der Waals surface area contributed by atoms with Crippen molar-refractivity contribution < 1.29 is 28.6 Å². The standard InChI is InChI=1S/C66H104O6/c1-4-7-10-13-16-19-22-24-26-27-28-29-30-31-32-33-34-35-36-37-38-39-41-42-44-47-50-53-56-59-65(68)71-62-63(61-70-64(67)58-55-52-49-46-21-18-15-12-9-6-3)72-66(69)60-57-54-51-48-45-43-40-25-23-20-17-14-11-8-5-2/h7-8,10-11,16-17,19-20,24-26,28-29,31-32,34-35,37-38,40-42,47,50,63H,4-6,9,12-15,18,21-23,27,30,33,36,39,43-46,48-49,51-62H2,1-3H3/b10-7-,11-8-,19-16-,20-17-,26-24-,29-28-,32-31-,35-34-,38-37-,40-25-,42-41-,50-47-. The van der Waals surface area contributed by atoms with Crippen molar-refractivity contribution in [3.8, 4) is 0 Å². The summed E-state index contributed by atoms with van der Waals surface area (Å²) in [4.78, 5) is 38.0. The van der Waals surface area contributed by atoms with Crippen LogP contribution < -0.4 is 0 Å². The molecule has 404 valence electrons. The first kappa shape index (κ1) is 67.3. The molecule has 0 radical (unpaired) electrons. The Morgan fingerprint density at radius 3 is 0.903 bits per heavy atom. The van der Waals surface area contributed by atoms with Crippen molar-refractivity contribution >= 4 is 17.9 Å². The van der Waals surface area contributed by atoms with Crippen LogP contribution in [-0.4, -0.2) is 37.2 Å². The van der Waals surface area contributed by atoms with E-state index in [2.05, 4.69) is 167 Å². The van der Waals surface area contributed by atoms with E-state index in [1.54, 1.807) is 0 Å². The minimum Gasteiger partial charge on any atom is -0.462 e. The quantitative estimate of drug-likeness (QED) is 0.0261. The van der Waals surface area contributed by atoms with Crippen molar-refractivity contribution in [2.45, 2.75) is 239 Å². The maximum atomic E-state index is 12.8. The Bertz CT molecular complexity index is 1610. The predicted molar refractivity (Wildman–Crippen MR) is 311 cm³/mol. The Balaban J connectivity index is 4.41. The summed E-state index contributed by atoms with van der Waals surface area (Å²) < 4.78 is 16.7. The zero-order valence-electron chi connectivity index (χ0n) is 46.1. The SMILES string of the molecule is CC/C=C\C/C=C\C/C=C\C/C=C\C/C=C\C/C=C\C/C=C\C/C=C\C/C=C\CCCC(=O)OCC(COC(=O)CCCCCCCCCCCC)OC(=O)CCCCCCC/C=C\C/C=C\C/C=C\CC. The number of carbonyl (C=O) groups is 3. The molecule has 1 atom stereocenters. The molecule has 0 aromatic carbocycles. The first-order valence-electron chi connectivity index (χ1n) is 28.8. The van der Waals surface area contributed by atoms with Gasteiger partial charge in [-0.05, 0) is 116 Å². The summed E-state index contributed by atoms with van der Waals surface area (Å²) in [6, 6.07) is 0. The summed E-state index contributed by atoms with van der Waals surface area (Å²) in [5.74, 6) is -0.995. The highest BCUT2D eigenvalue weighted by Gasteiger charge is 2.19. The molecule has 0 heterocycles. The normalized spacial score (nSPS) is 13.2. The molecule has 0 aliphatic rings. The maximum Gasteiger partial charge on any atom is 0.306 e. The van der Waals surface area contributed by atoms with E-state index in [0.29, 0.717) is 19.3 Å². The van der Waals surface area contributed by atoms with Gasteiger partial charge >= 0.3 is 17.9 Å². The maximum absolute atomic E-state index is 12.8. The smallest absolute Gasteiger partial charge is 0.306 e. The molecule has 0 fully saturated rings. The Morgan fingerprint density at radius 1 is 0.292 bits per heavy atom. The summed E-state index contributed by atoms with van der Waals surface area (Å²) in [5.41, 5.74) is 0. The van der Waals surface area contributed by atoms with E-state index in [1.807, 2.05) is 0 Å². The molecule has 0 aromatic rings. The Kier molecular flexibility index (Phi) is 55.0. The molecular formula is C66H104O6. The molecule has 0 N–H and O–H groups in total. The van der Waals surface area contributed by atoms with Gasteiger partial charge in [-0.25, -0.2) is 0 Å². The number of unbranched alkanes of at least 4 members (excludes halogenated alkanes) is 15. The average molecular weight is 994 g/mol. The molecule has 0 aliphatic carbocycles. The van der Waals surface area contributed by atoms with Gasteiger partial charge < -0.3 is 14.2 Å². The van der Waals surface area contributed by atoms with Crippen molar-refractivity contribution in [3.63, 3.8) is 0 Å². The first-order chi connectivity index (χ1) is 35.5. The van der Waals surface area contributed by atoms with Crippen LogP contribution in [0.4, 0.5) is 0 Å². The van der Waals surface area contributed by atoms with Gasteiger partial charge in [-0.1, -0.05) is 244 Å². The fourth-order valence-electron chi connectivity index (χ4n) is 7.34. The van der Waals surface area contributed by atoms with Crippen LogP contribution in [0.25, 0.3) is 0 Å². The van der Waals surface area contributed by atoms with Crippen LogP contribution in [0.15, 0.2) is 146 Å². The van der Waals surface area contributed by atoms with Crippen molar-refractivity contribution in [1.29, 1.82) is 0 Å². The van der Waals surface area contributed by atoms with Gasteiger partial charge in [0.2, 0.25) is 0 Å². The van der Waals surface area contributed by atoms with E-state index in [1.165, 1.54) is 44.9 Å². The number of hydrogen-bond acceptors (Lipinski definition) is 6. The van der Waals surface area contributed by atoms with Gasteiger partial charge in [0.25, 0.3) is 0 Å². The van der Waals surface area contributed by atoms with Gasteiger partial charge in [0.05, 0.1) is 0 Å². The van der Waals surface area contributed by atoms with E-state index in [-0.39, 0.29) is 37.5 Å². The van der Waals surface area contributed by atoms with Gasteiger partial charge in [-0.2, -0.15) is 0 Å². The molecule has 0 saturated heterocycles. The average Bonchev–Trinajstić information content (AvgIpc) is 3.38. The van der Waals surface area contributed by atoms with Crippen LogP contribution in [-0.2, 0) is 28.6 Å². The number of ether oxygens (including phenoxy) is 3. The Morgan fingerprint density at radius 2 is 0.556 bits per heavy atom. The van der Waals surface area contributed by atoms with E-state index >= 15 is 0 Å². The minimum atomic E-state index is -0.814. The summed E-state index contributed by atoms with van der Waals surface area (Å²) in [7, 11) is 0. The summed E-state index contributed by atoms with van der Waals surface area (Å²) in [6.45, 7) is 6.32. The van der Waals surface area contributed by atoms with Crippen LogP contribution >= 0.6 is 0 Å². The number of rotatable bonds is 50. The van der Waals surface area contributed by atoms with E-state index in [0.717, 1.165) is 141 Å².